The van der Waals surface area contributed by atoms with Crippen LogP contribution in [0, 0.1) is 0 Å². The lowest BCUT2D eigenvalue weighted by molar-refractivity contribution is 0.578. The van der Waals surface area contributed by atoms with Crippen molar-refractivity contribution in [2.75, 3.05) is 6.54 Å². The number of sulfonamides is 1. The van der Waals surface area contributed by atoms with Crippen LogP contribution in [0.25, 0.3) is 0 Å². The van der Waals surface area contributed by atoms with Gasteiger partial charge in [-0.15, -0.1) is 0 Å². The van der Waals surface area contributed by atoms with Crippen LogP contribution in [0.5, 0.6) is 0 Å². The van der Waals surface area contributed by atoms with Crippen LogP contribution < -0.4 is 4.72 Å². The largest absolute Gasteiger partial charge is 0.240 e. The minimum absolute atomic E-state index is 0.191. The smallest absolute Gasteiger partial charge is 0.210 e. The molecule has 1 unspecified atom stereocenters. The molecule has 0 aliphatic heterocycles. The molecule has 0 spiro atoms. The summed E-state index contributed by atoms with van der Waals surface area (Å²) in [6.45, 7) is 2.49. The maximum absolute atomic E-state index is 11.8. The highest BCUT2D eigenvalue weighted by Crippen LogP contribution is 2.10. The molecule has 0 amide bonds. The maximum atomic E-state index is 11.8. The van der Waals surface area contributed by atoms with E-state index in [1.54, 1.807) is 30.3 Å². The second kappa shape index (κ2) is 6.37. The van der Waals surface area contributed by atoms with Crippen LogP contribution >= 0.6 is 15.9 Å². The first kappa shape index (κ1) is 13.7. The number of hydrogen-bond donors (Lipinski definition) is 1. The summed E-state index contributed by atoms with van der Waals surface area (Å²) < 4.78 is 26.2. The Kier molecular flexibility index (Phi) is 5.44. The zero-order valence-corrected chi connectivity index (χ0v) is 11.6. The molecule has 1 aromatic carbocycles. The minimum Gasteiger partial charge on any atom is -0.210 e. The van der Waals surface area contributed by atoms with Gasteiger partial charge in [0.2, 0.25) is 10.0 Å². The molecular formula is C11H16BrNO2S. The first-order valence-electron chi connectivity index (χ1n) is 5.25. The van der Waals surface area contributed by atoms with Gasteiger partial charge in [0.05, 0.1) is 4.90 Å². The van der Waals surface area contributed by atoms with Gasteiger partial charge in [-0.2, -0.15) is 0 Å². The summed E-state index contributed by atoms with van der Waals surface area (Å²) >= 11 is 3.44. The highest BCUT2D eigenvalue weighted by atomic mass is 79.9. The molecule has 3 nitrogen and oxygen atoms in total. The summed E-state index contributed by atoms with van der Waals surface area (Å²) in [6.07, 6.45) is 1.99. The summed E-state index contributed by atoms with van der Waals surface area (Å²) in [4.78, 5) is 0.502. The quantitative estimate of drug-likeness (QED) is 0.821. The van der Waals surface area contributed by atoms with Crippen LogP contribution in [0.1, 0.15) is 19.8 Å². The molecule has 1 rings (SSSR count). The number of halogens is 1. The van der Waals surface area contributed by atoms with Crippen molar-refractivity contribution in [1.29, 1.82) is 0 Å². The molecule has 0 saturated carbocycles. The lowest BCUT2D eigenvalue weighted by atomic mass is 10.2. The summed E-state index contributed by atoms with van der Waals surface area (Å²) in [7, 11) is -3.35. The van der Waals surface area contributed by atoms with E-state index >= 15 is 0 Å². The molecular weight excluding hydrogens is 290 g/mol. The maximum Gasteiger partial charge on any atom is 0.240 e. The van der Waals surface area contributed by atoms with Gasteiger partial charge in [-0.3, -0.25) is 0 Å². The Morgan fingerprint density at radius 1 is 1.31 bits per heavy atom. The number of hydrogen-bond acceptors (Lipinski definition) is 2. The standard InChI is InChI=1S/C11H16BrNO2S/c1-2-6-10(12)9-13-16(14,15)11-7-4-3-5-8-11/h3-5,7-8,10,13H,2,6,9H2,1H3. The predicted octanol–water partition coefficient (Wildman–Crippen LogP) is 2.53. The Hall–Kier alpha value is -0.390. The second-order valence-electron chi connectivity index (χ2n) is 3.55. The first-order chi connectivity index (χ1) is 7.56. The van der Waals surface area contributed by atoms with E-state index in [2.05, 4.69) is 27.6 Å². The van der Waals surface area contributed by atoms with Crippen molar-refractivity contribution in [2.24, 2.45) is 0 Å². The second-order valence-corrected chi connectivity index (χ2v) is 6.61. The Bertz CT molecular complexity index is 405. The lowest BCUT2D eigenvalue weighted by Gasteiger charge is -2.10. The Morgan fingerprint density at radius 3 is 2.50 bits per heavy atom. The monoisotopic (exact) mass is 305 g/mol. The van der Waals surface area contributed by atoms with Crippen molar-refractivity contribution in [1.82, 2.24) is 4.72 Å². The molecule has 0 saturated heterocycles. The molecule has 0 bridgehead atoms. The number of alkyl halides is 1. The topological polar surface area (TPSA) is 46.2 Å². The van der Waals surface area contributed by atoms with Crippen LogP contribution in [0.2, 0.25) is 0 Å². The van der Waals surface area contributed by atoms with Crippen LogP contribution in [0.3, 0.4) is 0 Å². The Labute approximate surface area is 105 Å². The average Bonchev–Trinajstić information content (AvgIpc) is 2.28. The van der Waals surface area contributed by atoms with Gasteiger partial charge in [-0.1, -0.05) is 47.5 Å². The molecule has 1 atom stereocenters. The van der Waals surface area contributed by atoms with E-state index in [0.29, 0.717) is 11.4 Å². The van der Waals surface area contributed by atoms with E-state index in [4.69, 9.17) is 0 Å². The Balaban J connectivity index is 2.60. The summed E-state index contributed by atoms with van der Waals surface area (Å²) in [6, 6.07) is 8.40. The van der Waals surface area contributed by atoms with Gasteiger partial charge in [0.1, 0.15) is 0 Å². The zero-order valence-electron chi connectivity index (χ0n) is 9.19. The predicted molar refractivity (Wildman–Crippen MR) is 69.3 cm³/mol. The van der Waals surface area contributed by atoms with Gasteiger partial charge in [-0.05, 0) is 18.6 Å². The third-order valence-corrected chi connectivity index (χ3v) is 4.37. The van der Waals surface area contributed by atoms with E-state index in [-0.39, 0.29) is 4.83 Å². The number of nitrogens with one attached hydrogen (secondary N) is 1. The van der Waals surface area contributed by atoms with E-state index < -0.39 is 10.0 Å². The molecule has 5 heteroatoms. The summed E-state index contributed by atoms with van der Waals surface area (Å²) in [5.74, 6) is 0. The van der Waals surface area contributed by atoms with Gasteiger partial charge in [0.25, 0.3) is 0 Å². The van der Waals surface area contributed by atoms with Crippen LogP contribution in [0.4, 0.5) is 0 Å². The number of benzene rings is 1. The van der Waals surface area contributed by atoms with Gasteiger partial charge in [-0.25, -0.2) is 13.1 Å². The van der Waals surface area contributed by atoms with Crippen molar-refractivity contribution >= 4 is 26.0 Å². The van der Waals surface area contributed by atoms with Gasteiger partial charge in [0.15, 0.2) is 0 Å². The normalized spacial score (nSPS) is 13.6. The van der Waals surface area contributed by atoms with Gasteiger partial charge >= 0.3 is 0 Å². The van der Waals surface area contributed by atoms with Gasteiger partial charge < -0.3 is 0 Å². The average molecular weight is 306 g/mol. The first-order valence-corrected chi connectivity index (χ1v) is 7.65. The van der Waals surface area contributed by atoms with E-state index in [0.717, 1.165) is 12.8 Å². The van der Waals surface area contributed by atoms with Crippen molar-refractivity contribution < 1.29 is 8.42 Å². The fraction of sp³-hybridized carbons (Fsp3) is 0.455. The van der Waals surface area contributed by atoms with Crippen LogP contribution in [-0.4, -0.2) is 19.8 Å². The highest BCUT2D eigenvalue weighted by Gasteiger charge is 2.14. The van der Waals surface area contributed by atoms with E-state index in [9.17, 15) is 8.42 Å². The van der Waals surface area contributed by atoms with Crippen LogP contribution in [0.15, 0.2) is 35.2 Å². The van der Waals surface area contributed by atoms with Crippen LogP contribution in [-0.2, 0) is 10.0 Å². The van der Waals surface area contributed by atoms with Crippen molar-refractivity contribution in [2.45, 2.75) is 29.5 Å². The van der Waals surface area contributed by atoms with Crippen molar-refractivity contribution in [3.63, 3.8) is 0 Å². The lowest BCUT2D eigenvalue weighted by Crippen LogP contribution is -2.29. The molecule has 0 radical (unpaired) electrons. The van der Waals surface area contributed by atoms with Crippen molar-refractivity contribution in [3.05, 3.63) is 30.3 Å². The molecule has 90 valence electrons. The summed E-state index contributed by atoms with van der Waals surface area (Å²) in [5.41, 5.74) is 0. The summed E-state index contributed by atoms with van der Waals surface area (Å²) in [5, 5.41) is 0. The molecule has 16 heavy (non-hydrogen) atoms. The molecule has 1 N–H and O–H groups in total. The SMILES string of the molecule is CCCC(Br)CNS(=O)(=O)c1ccccc1. The third-order valence-electron chi connectivity index (χ3n) is 2.15. The molecule has 0 aromatic heterocycles. The molecule has 0 aliphatic rings. The molecule has 0 fully saturated rings. The van der Waals surface area contributed by atoms with E-state index in [1.165, 1.54) is 0 Å². The third kappa shape index (κ3) is 4.23. The zero-order chi connectivity index (χ0) is 12.0. The fourth-order valence-corrected chi connectivity index (χ4v) is 3.24. The highest BCUT2D eigenvalue weighted by molar-refractivity contribution is 9.09. The molecule has 0 aliphatic carbocycles. The minimum atomic E-state index is -3.35. The molecule has 0 heterocycles. The van der Waals surface area contributed by atoms with E-state index in [1.807, 2.05) is 0 Å². The van der Waals surface area contributed by atoms with Crippen molar-refractivity contribution in [3.8, 4) is 0 Å². The van der Waals surface area contributed by atoms with Gasteiger partial charge in [0, 0.05) is 11.4 Å². The Morgan fingerprint density at radius 2 is 1.94 bits per heavy atom. The molecule has 1 aromatic rings. The fourth-order valence-electron chi connectivity index (χ4n) is 1.30. The number of rotatable bonds is 6.